The molecule has 2 aromatic heterocycles. The minimum absolute atomic E-state index is 0.145. The van der Waals surface area contributed by atoms with Crippen molar-refractivity contribution >= 4 is 0 Å². The Labute approximate surface area is 113 Å². The fraction of sp³-hybridized carbons (Fsp3) is 0.429. The maximum Gasteiger partial charge on any atom is 0.141 e. The Morgan fingerprint density at radius 2 is 2.16 bits per heavy atom. The van der Waals surface area contributed by atoms with Gasteiger partial charge in [0.2, 0.25) is 0 Å². The van der Waals surface area contributed by atoms with E-state index in [1.165, 1.54) is 0 Å². The summed E-state index contributed by atoms with van der Waals surface area (Å²) in [4.78, 5) is 4.03. The second-order valence-electron chi connectivity index (χ2n) is 4.81. The van der Waals surface area contributed by atoms with Crippen molar-refractivity contribution in [2.75, 3.05) is 7.11 Å². The monoisotopic (exact) mass is 260 g/mol. The quantitative estimate of drug-likeness (QED) is 0.894. The second kappa shape index (κ2) is 5.84. The van der Waals surface area contributed by atoms with E-state index in [1.54, 1.807) is 19.5 Å². The van der Waals surface area contributed by atoms with Crippen LogP contribution < -0.4 is 10.5 Å². The van der Waals surface area contributed by atoms with Gasteiger partial charge in [-0.3, -0.25) is 9.67 Å². The Hall–Kier alpha value is -1.88. The molecule has 0 saturated carbocycles. The maximum atomic E-state index is 6.23. The van der Waals surface area contributed by atoms with Crippen LogP contribution in [0.1, 0.15) is 37.2 Å². The predicted octanol–water partition coefficient (Wildman–Crippen LogP) is 2.11. The van der Waals surface area contributed by atoms with Crippen molar-refractivity contribution in [3.8, 4) is 5.75 Å². The van der Waals surface area contributed by atoms with Crippen molar-refractivity contribution in [3.05, 3.63) is 42.0 Å². The Balaban J connectivity index is 2.13. The summed E-state index contributed by atoms with van der Waals surface area (Å²) in [6, 6.07) is 4.12. The molecule has 1 atom stereocenters. The number of hydrogen-bond donors (Lipinski definition) is 1. The third kappa shape index (κ3) is 3.12. The first-order valence-corrected chi connectivity index (χ1v) is 6.39. The Morgan fingerprint density at radius 3 is 2.79 bits per heavy atom. The van der Waals surface area contributed by atoms with Crippen molar-refractivity contribution in [1.82, 2.24) is 14.8 Å². The van der Waals surface area contributed by atoms with E-state index in [1.807, 2.05) is 23.0 Å². The second-order valence-corrected chi connectivity index (χ2v) is 4.81. The van der Waals surface area contributed by atoms with E-state index < -0.39 is 0 Å². The zero-order valence-electron chi connectivity index (χ0n) is 11.6. The highest BCUT2D eigenvalue weighted by atomic mass is 16.5. The number of rotatable bonds is 5. The Morgan fingerprint density at radius 1 is 1.37 bits per heavy atom. The van der Waals surface area contributed by atoms with Gasteiger partial charge in [0.05, 0.1) is 19.0 Å². The molecule has 5 heteroatoms. The molecule has 0 fully saturated rings. The van der Waals surface area contributed by atoms with E-state index in [0.29, 0.717) is 12.5 Å². The van der Waals surface area contributed by atoms with E-state index in [2.05, 4.69) is 23.9 Å². The van der Waals surface area contributed by atoms with Gasteiger partial charge in [0.25, 0.3) is 0 Å². The predicted molar refractivity (Wildman–Crippen MR) is 74.0 cm³/mol. The number of hydrogen-bond acceptors (Lipinski definition) is 4. The van der Waals surface area contributed by atoms with Crippen molar-refractivity contribution in [2.45, 2.75) is 32.4 Å². The number of pyridine rings is 1. The van der Waals surface area contributed by atoms with Crippen LogP contribution in [0.4, 0.5) is 0 Å². The van der Waals surface area contributed by atoms with Gasteiger partial charge >= 0.3 is 0 Å². The number of methoxy groups -OCH3 is 1. The first-order chi connectivity index (χ1) is 9.11. The van der Waals surface area contributed by atoms with Crippen molar-refractivity contribution in [1.29, 1.82) is 0 Å². The van der Waals surface area contributed by atoms with Gasteiger partial charge < -0.3 is 10.5 Å². The average molecular weight is 260 g/mol. The molecule has 2 N–H and O–H groups in total. The number of nitrogens with two attached hydrogens (primary N) is 1. The molecule has 2 rings (SSSR count). The standard InChI is InChI=1S/C14H20N4O/c1-10(2)18-7-5-11(17-18)8-13(15)12-4-6-16-9-14(12)19-3/h4-7,9-10,13H,8,15H2,1-3H3. The number of ether oxygens (including phenoxy) is 1. The summed E-state index contributed by atoms with van der Waals surface area (Å²) in [5.74, 6) is 0.721. The average Bonchev–Trinajstić information content (AvgIpc) is 2.87. The first-order valence-electron chi connectivity index (χ1n) is 6.39. The molecule has 5 nitrogen and oxygen atoms in total. The molecule has 0 saturated heterocycles. The third-order valence-electron chi connectivity index (χ3n) is 3.06. The summed E-state index contributed by atoms with van der Waals surface area (Å²) in [5, 5.41) is 4.51. The summed E-state index contributed by atoms with van der Waals surface area (Å²) < 4.78 is 7.22. The largest absolute Gasteiger partial charge is 0.495 e. The molecule has 0 aliphatic rings. The lowest BCUT2D eigenvalue weighted by Gasteiger charge is -2.14. The van der Waals surface area contributed by atoms with Crippen LogP contribution in [-0.4, -0.2) is 21.9 Å². The molecule has 2 aromatic rings. The van der Waals surface area contributed by atoms with E-state index in [-0.39, 0.29) is 6.04 Å². The molecule has 0 amide bonds. The molecule has 2 heterocycles. The van der Waals surface area contributed by atoms with Crippen LogP contribution in [0.5, 0.6) is 5.75 Å². The SMILES string of the molecule is COc1cnccc1C(N)Cc1ccn(C(C)C)n1. The highest BCUT2D eigenvalue weighted by molar-refractivity contribution is 5.33. The smallest absolute Gasteiger partial charge is 0.141 e. The van der Waals surface area contributed by atoms with Crippen LogP contribution in [0.25, 0.3) is 0 Å². The minimum atomic E-state index is -0.145. The summed E-state index contributed by atoms with van der Waals surface area (Å²) in [5.41, 5.74) is 8.17. The van der Waals surface area contributed by atoms with Crippen LogP contribution in [0.2, 0.25) is 0 Å². The van der Waals surface area contributed by atoms with Crippen molar-refractivity contribution < 1.29 is 4.74 Å². The molecule has 102 valence electrons. The van der Waals surface area contributed by atoms with Crippen LogP contribution in [-0.2, 0) is 6.42 Å². The maximum absolute atomic E-state index is 6.23. The van der Waals surface area contributed by atoms with E-state index in [0.717, 1.165) is 17.0 Å². The van der Waals surface area contributed by atoms with Gasteiger partial charge in [-0.05, 0) is 26.0 Å². The van der Waals surface area contributed by atoms with Gasteiger partial charge in [-0.15, -0.1) is 0 Å². The normalized spacial score (nSPS) is 12.7. The molecule has 0 bridgehead atoms. The fourth-order valence-corrected chi connectivity index (χ4v) is 1.98. The molecule has 19 heavy (non-hydrogen) atoms. The van der Waals surface area contributed by atoms with Crippen LogP contribution in [0.15, 0.2) is 30.7 Å². The summed E-state index contributed by atoms with van der Waals surface area (Å²) >= 11 is 0. The molecule has 0 aromatic carbocycles. The highest BCUT2D eigenvalue weighted by Crippen LogP contribution is 2.24. The topological polar surface area (TPSA) is 66.0 Å². The zero-order chi connectivity index (χ0) is 13.8. The van der Waals surface area contributed by atoms with E-state index in [4.69, 9.17) is 10.5 Å². The first kappa shape index (κ1) is 13.5. The molecule has 0 aliphatic heterocycles. The molecule has 0 radical (unpaired) electrons. The lowest BCUT2D eigenvalue weighted by atomic mass is 10.0. The van der Waals surface area contributed by atoms with Gasteiger partial charge in [0, 0.05) is 36.5 Å². The van der Waals surface area contributed by atoms with E-state index in [9.17, 15) is 0 Å². The van der Waals surface area contributed by atoms with Gasteiger partial charge in [0.1, 0.15) is 5.75 Å². The molecule has 0 aliphatic carbocycles. The molecule has 0 spiro atoms. The molecular formula is C14H20N4O. The Kier molecular flexibility index (Phi) is 4.16. The van der Waals surface area contributed by atoms with Crippen LogP contribution >= 0.6 is 0 Å². The fourth-order valence-electron chi connectivity index (χ4n) is 1.98. The van der Waals surface area contributed by atoms with Gasteiger partial charge in [0.15, 0.2) is 0 Å². The van der Waals surface area contributed by atoms with E-state index >= 15 is 0 Å². The van der Waals surface area contributed by atoms with Gasteiger partial charge in [-0.25, -0.2) is 0 Å². The minimum Gasteiger partial charge on any atom is -0.495 e. The number of aromatic nitrogens is 3. The third-order valence-corrected chi connectivity index (χ3v) is 3.06. The van der Waals surface area contributed by atoms with Crippen LogP contribution in [0.3, 0.4) is 0 Å². The highest BCUT2D eigenvalue weighted by Gasteiger charge is 2.14. The van der Waals surface area contributed by atoms with Crippen molar-refractivity contribution in [2.24, 2.45) is 5.73 Å². The summed E-state index contributed by atoms with van der Waals surface area (Å²) in [6.07, 6.45) is 6.07. The van der Waals surface area contributed by atoms with Crippen molar-refractivity contribution in [3.63, 3.8) is 0 Å². The summed E-state index contributed by atoms with van der Waals surface area (Å²) in [7, 11) is 1.63. The van der Waals surface area contributed by atoms with Gasteiger partial charge in [-0.1, -0.05) is 0 Å². The van der Waals surface area contributed by atoms with Crippen LogP contribution in [0, 0.1) is 0 Å². The Bertz CT molecular complexity index is 536. The lowest BCUT2D eigenvalue weighted by molar-refractivity contribution is 0.403. The molecule has 1 unspecified atom stereocenters. The zero-order valence-corrected chi connectivity index (χ0v) is 11.6. The number of nitrogens with zero attached hydrogens (tertiary/aromatic N) is 3. The van der Waals surface area contributed by atoms with Gasteiger partial charge in [-0.2, -0.15) is 5.10 Å². The lowest BCUT2D eigenvalue weighted by Crippen LogP contribution is -2.15. The molecular weight excluding hydrogens is 240 g/mol. The summed E-state index contributed by atoms with van der Waals surface area (Å²) in [6.45, 7) is 4.20.